The lowest BCUT2D eigenvalue weighted by Gasteiger charge is -2.14. The lowest BCUT2D eigenvalue weighted by Crippen LogP contribution is -2.19. The van der Waals surface area contributed by atoms with Crippen LogP contribution in [0.15, 0.2) is 66.7 Å². The first kappa shape index (κ1) is 22.2. The van der Waals surface area contributed by atoms with Crippen LogP contribution in [0.5, 0.6) is 17.2 Å². The zero-order valence-corrected chi connectivity index (χ0v) is 19.1. The van der Waals surface area contributed by atoms with Gasteiger partial charge < -0.3 is 24.8 Å². The quantitative estimate of drug-likeness (QED) is 0.354. The zero-order chi connectivity index (χ0) is 23.4. The Morgan fingerprint density at radius 2 is 1.58 bits per heavy atom. The van der Waals surface area contributed by atoms with Crippen LogP contribution in [0.1, 0.15) is 0 Å². The molecule has 0 saturated heterocycles. The summed E-state index contributed by atoms with van der Waals surface area (Å²) in [6.07, 6.45) is 0. The second kappa shape index (κ2) is 9.67. The normalized spacial score (nSPS) is 10.5. The summed E-state index contributed by atoms with van der Waals surface area (Å²) in [7, 11) is 4.69. The van der Waals surface area contributed by atoms with Crippen LogP contribution in [0.3, 0.4) is 0 Å². The van der Waals surface area contributed by atoms with Gasteiger partial charge in [0, 0.05) is 33.8 Å². The molecule has 0 aliphatic rings. The summed E-state index contributed by atoms with van der Waals surface area (Å²) in [5.41, 5.74) is 3.50. The summed E-state index contributed by atoms with van der Waals surface area (Å²) >= 11 is 6.00. The minimum atomic E-state index is -0.425. The molecule has 0 aliphatic carbocycles. The number of aromatic nitrogens is 1. The number of fused-ring (bicyclic) bond motifs is 1. The molecule has 8 heteroatoms. The van der Waals surface area contributed by atoms with Crippen molar-refractivity contribution in [2.45, 2.75) is 0 Å². The fraction of sp³-hybridized carbons (Fsp3) is 0.120. The minimum absolute atomic E-state index is 0.425. The van der Waals surface area contributed by atoms with Gasteiger partial charge in [0.05, 0.1) is 38.2 Å². The summed E-state index contributed by atoms with van der Waals surface area (Å²) in [6, 6.07) is 19.5. The molecule has 1 aromatic heterocycles. The van der Waals surface area contributed by atoms with E-state index in [4.69, 9.17) is 30.8 Å². The Kier molecular flexibility index (Phi) is 6.51. The van der Waals surface area contributed by atoms with Crippen molar-refractivity contribution in [2.75, 3.05) is 32.0 Å². The van der Waals surface area contributed by atoms with Gasteiger partial charge in [-0.15, -0.1) is 0 Å². The number of anilines is 2. The fourth-order valence-electron chi connectivity index (χ4n) is 3.41. The van der Waals surface area contributed by atoms with Gasteiger partial charge in [0.25, 0.3) is 0 Å². The van der Waals surface area contributed by atoms with Crippen LogP contribution in [-0.2, 0) is 0 Å². The molecule has 0 aliphatic heterocycles. The van der Waals surface area contributed by atoms with Crippen molar-refractivity contribution in [3.8, 4) is 28.5 Å². The third kappa shape index (κ3) is 4.94. The topological polar surface area (TPSA) is 81.7 Å². The molecule has 0 unspecified atom stereocenters. The molecular weight excluding hydrogens is 442 g/mol. The van der Waals surface area contributed by atoms with Gasteiger partial charge >= 0.3 is 6.03 Å². The van der Waals surface area contributed by atoms with Crippen LogP contribution < -0.4 is 24.8 Å². The Morgan fingerprint density at radius 1 is 0.818 bits per heavy atom. The number of amides is 2. The zero-order valence-electron chi connectivity index (χ0n) is 18.3. The molecule has 1 heterocycles. The predicted octanol–water partition coefficient (Wildman–Crippen LogP) is 6.23. The van der Waals surface area contributed by atoms with Crippen LogP contribution in [0, 0.1) is 0 Å². The average molecular weight is 464 g/mol. The molecule has 2 amide bonds. The maximum Gasteiger partial charge on any atom is 0.323 e. The molecule has 2 N–H and O–H groups in total. The van der Waals surface area contributed by atoms with Gasteiger partial charge in [-0.25, -0.2) is 9.78 Å². The Labute approximate surface area is 196 Å². The Morgan fingerprint density at radius 3 is 2.27 bits per heavy atom. The van der Waals surface area contributed by atoms with E-state index in [1.807, 2.05) is 42.5 Å². The fourth-order valence-corrected chi connectivity index (χ4v) is 3.53. The molecule has 0 atom stereocenters. The molecule has 0 bridgehead atoms. The standard InChI is InChI=1S/C25H22ClN3O4/c1-31-18-9-11-23(32-2)22(13-18)29-25(30)27-17-8-10-20-19(12-17)24(33-3)14-21(28-20)15-4-6-16(26)7-5-15/h4-14H,1-3H3,(H2,27,29,30). The number of pyridine rings is 1. The number of carbonyl (C=O) groups excluding carboxylic acids is 1. The van der Waals surface area contributed by atoms with Gasteiger partial charge in [-0.05, 0) is 42.5 Å². The number of urea groups is 1. The van der Waals surface area contributed by atoms with Gasteiger partial charge in [-0.2, -0.15) is 0 Å². The third-order valence-electron chi connectivity index (χ3n) is 5.04. The predicted molar refractivity (Wildman–Crippen MR) is 131 cm³/mol. The number of nitrogens with zero attached hydrogens (tertiary/aromatic N) is 1. The molecule has 33 heavy (non-hydrogen) atoms. The molecule has 0 spiro atoms. The summed E-state index contributed by atoms with van der Waals surface area (Å²) in [5, 5.41) is 7.04. The highest BCUT2D eigenvalue weighted by Crippen LogP contribution is 2.33. The second-order valence-electron chi connectivity index (χ2n) is 7.09. The Bertz CT molecular complexity index is 1310. The van der Waals surface area contributed by atoms with Crippen LogP contribution in [0.4, 0.5) is 16.2 Å². The monoisotopic (exact) mass is 463 g/mol. The van der Waals surface area contributed by atoms with E-state index in [9.17, 15) is 4.79 Å². The lowest BCUT2D eigenvalue weighted by atomic mass is 10.1. The number of halogens is 1. The number of benzene rings is 3. The molecule has 0 saturated carbocycles. The molecule has 0 radical (unpaired) electrons. The van der Waals surface area contributed by atoms with E-state index < -0.39 is 6.03 Å². The Hall–Kier alpha value is -3.97. The number of rotatable bonds is 6. The van der Waals surface area contributed by atoms with Gasteiger partial charge in [0.15, 0.2) is 0 Å². The highest BCUT2D eigenvalue weighted by atomic mass is 35.5. The van der Waals surface area contributed by atoms with Gasteiger partial charge in [-0.3, -0.25) is 0 Å². The van der Waals surface area contributed by atoms with Gasteiger partial charge in [-0.1, -0.05) is 23.7 Å². The smallest absolute Gasteiger partial charge is 0.323 e. The van der Waals surface area contributed by atoms with Crippen molar-refractivity contribution in [3.05, 3.63) is 71.8 Å². The average Bonchev–Trinajstić information content (AvgIpc) is 2.83. The summed E-state index contributed by atoms with van der Waals surface area (Å²) < 4.78 is 16.1. The molecule has 4 aromatic rings. The van der Waals surface area contributed by atoms with Crippen molar-refractivity contribution >= 4 is 39.9 Å². The SMILES string of the molecule is COc1ccc(OC)c(NC(=O)Nc2ccc3nc(-c4ccc(Cl)cc4)cc(OC)c3c2)c1. The number of carbonyl (C=O) groups is 1. The number of hydrogen-bond donors (Lipinski definition) is 2. The maximum atomic E-state index is 12.6. The second-order valence-corrected chi connectivity index (χ2v) is 7.53. The number of hydrogen-bond acceptors (Lipinski definition) is 5. The van der Waals surface area contributed by atoms with E-state index in [1.54, 1.807) is 38.5 Å². The summed E-state index contributed by atoms with van der Waals surface area (Å²) in [6.45, 7) is 0. The third-order valence-corrected chi connectivity index (χ3v) is 5.30. The number of ether oxygens (including phenoxy) is 3. The molecule has 0 fully saturated rings. The van der Waals surface area contributed by atoms with E-state index in [1.165, 1.54) is 7.11 Å². The number of methoxy groups -OCH3 is 3. The van der Waals surface area contributed by atoms with Gasteiger partial charge in [0.2, 0.25) is 0 Å². The molecular formula is C25H22ClN3O4. The minimum Gasteiger partial charge on any atom is -0.497 e. The van der Waals surface area contributed by atoms with Crippen LogP contribution in [0.25, 0.3) is 22.2 Å². The Balaban J connectivity index is 1.60. The van der Waals surface area contributed by atoms with Crippen LogP contribution in [-0.4, -0.2) is 32.3 Å². The molecule has 4 rings (SSSR count). The van der Waals surface area contributed by atoms with Crippen molar-refractivity contribution in [1.29, 1.82) is 0 Å². The van der Waals surface area contributed by atoms with E-state index in [0.29, 0.717) is 33.6 Å². The van der Waals surface area contributed by atoms with E-state index in [-0.39, 0.29) is 0 Å². The molecule has 3 aromatic carbocycles. The summed E-state index contributed by atoms with van der Waals surface area (Å²) in [4.78, 5) is 17.4. The lowest BCUT2D eigenvalue weighted by molar-refractivity contribution is 0.262. The molecule has 7 nitrogen and oxygen atoms in total. The van der Waals surface area contributed by atoms with E-state index in [2.05, 4.69) is 10.6 Å². The van der Waals surface area contributed by atoms with Crippen molar-refractivity contribution in [1.82, 2.24) is 4.98 Å². The molecule has 168 valence electrons. The van der Waals surface area contributed by atoms with E-state index >= 15 is 0 Å². The highest BCUT2D eigenvalue weighted by molar-refractivity contribution is 6.30. The van der Waals surface area contributed by atoms with Crippen LogP contribution >= 0.6 is 11.6 Å². The van der Waals surface area contributed by atoms with Gasteiger partial charge in [0.1, 0.15) is 17.2 Å². The first-order chi connectivity index (χ1) is 16.0. The van der Waals surface area contributed by atoms with Crippen molar-refractivity contribution in [3.63, 3.8) is 0 Å². The first-order valence-electron chi connectivity index (χ1n) is 10.1. The van der Waals surface area contributed by atoms with Crippen molar-refractivity contribution < 1.29 is 19.0 Å². The maximum absolute atomic E-state index is 12.6. The van der Waals surface area contributed by atoms with Crippen LogP contribution in [0.2, 0.25) is 5.02 Å². The summed E-state index contributed by atoms with van der Waals surface area (Å²) in [5.74, 6) is 1.76. The van der Waals surface area contributed by atoms with Crippen molar-refractivity contribution in [2.24, 2.45) is 0 Å². The number of nitrogens with one attached hydrogen (secondary N) is 2. The largest absolute Gasteiger partial charge is 0.497 e. The highest BCUT2D eigenvalue weighted by Gasteiger charge is 2.12. The first-order valence-corrected chi connectivity index (χ1v) is 10.4. The van der Waals surface area contributed by atoms with E-state index in [0.717, 1.165) is 22.2 Å².